The van der Waals surface area contributed by atoms with E-state index in [1.807, 2.05) is 0 Å². The minimum atomic E-state index is -5.21. The second-order valence-corrected chi connectivity index (χ2v) is 6.14. The van der Waals surface area contributed by atoms with Crippen LogP contribution >= 0.6 is 12.6 Å². The molecule has 2 aromatic rings. The number of nitrogens with one attached hydrogen (secondary N) is 1. The summed E-state index contributed by atoms with van der Waals surface area (Å²) in [4.78, 5) is 22.3. The molecule has 11 heteroatoms. The Morgan fingerprint density at radius 1 is 1.17 bits per heavy atom. The molecule has 0 bridgehead atoms. The Kier molecular flexibility index (Phi) is 7.35. The summed E-state index contributed by atoms with van der Waals surface area (Å²) in [7, 11) is 0. The number of alkyl halides is 3. The third kappa shape index (κ3) is 6.29. The number of esters is 1. The molecule has 4 N–H and O–H groups in total. The highest BCUT2D eigenvalue weighted by Crippen LogP contribution is 2.39. The number of carbonyl (C=O) groups excluding carboxylic acids is 1. The number of thiol groups is 1. The van der Waals surface area contributed by atoms with Crippen LogP contribution in [0.1, 0.15) is 10.4 Å². The lowest BCUT2D eigenvalue weighted by atomic mass is 10.2. The molecule has 0 saturated heterocycles. The average molecular weight is 430 g/mol. The van der Waals surface area contributed by atoms with Gasteiger partial charge in [-0.2, -0.15) is 25.8 Å². The number of benzene rings is 2. The van der Waals surface area contributed by atoms with Crippen molar-refractivity contribution in [2.45, 2.75) is 12.2 Å². The first-order valence-corrected chi connectivity index (χ1v) is 8.78. The third-order valence-corrected chi connectivity index (χ3v) is 3.99. The molecule has 0 aromatic heterocycles. The lowest BCUT2D eigenvalue weighted by Gasteiger charge is -2.18. The number of carbonyl (C=O) groups is 2. The zero-order valence-corrected chi connectivity index (χ0v) is 15.7. The Morgan fingerprint density at radius 2 is 1.83 bits per heavy atom. The monoisotopic (exact) mass is 430 g/mol. The smallest absolute Gasteiger partial charge is 0.478 e. The lowest BCUT2D eigenvalue weighted by Crippen LogP contribution is -2.31. The number of anilines is 1. The van der Waals surface area contributed by atoms with Gasteiger partial charge in [-0.3, -0.25) is 0 Å². The molecule has 29 heavy (non-hydrogen) atoms. The summed E-state index contributed by atoms with van der Waals surface area (Å²) in [6, 6.07) is 8.90. The number of carboxylic acid groups (broad SMARTS) is 1. The van der Waals surface area contributed by atoms with Crippen LogP contribution in [0.25, 0.3) is 0 Å². The number of para-hydroxylation sites is 1. The molecule has 0 amide bonds. The third-order valence-electron chi connectivity index (χ3n) is 3.52. The van der Waals surface area contributed by atoms with Gasteiger partial charge in [0.15, 0.2) is 11.5 Å². The van der Waals surface area contributed by atoms with Gasteiger partial charge in [-0.05, 0) is 36.4 Å². The fourth-order valence-corrected chi connectivity index (χ4v) is 2.22. The van der Waals surface area contributed by atoms with Gasteiger partial charge in [-0.25, -0.2) is 9.59 Å². The van der Waals surface area contributed by atoms with Crippen LogP contribution in [0, 0.1) is 0 Å². The highest BCUT2D eigenvalue weighted by Gasteiger charge is 2.42. The normalized spacial score (nSPS) is 12.2. The fraction of sp³-hybridized carbons (Fsp3) is 0.222. The highest BCUT2D eigenvalue weighted by molar-refractivity contribution is 7.80. The van der Waals surface area contributed by atoms with Crippen LogP contribution in [-0.4, -0.2) is 41.6 Å². The molecule has 2 aromatic carbocycles. The van der Waals surface area contributed by atoms with Gasteiger partial charge in [-0.15, -0.1) is 0 Å². The van der Waals surface area contributed by atoms with Gasteiger partial charge in [0.25, 0.3) is 0 Å². The van der Waals surface area contributed by atoms with Gasteiger partial charge in [0.05, 0.1) is 11.3 Å². The molecule has 0 radical (unpaired) electrons. The average Bonchev–Trinajstić information content (AvgIpc) is 2.67. The maximum Gasteiger partial charge on any atom is 0.491 e. The first kappa shape index (κ1) is 22.4. The van der Waals surface area contributed by atoms with E-state index < -0.39 is 29.9 Å². The number of carboxylic acids is 1. The van der Waals surface area contributed by atoms with E-state index in [0.29, 0.717) is 5.75 Å². The molecule has 1 atom stereocenters. The molecule has 156 valence electrons. The van der Waals surface area contributed by atoms with Gasteiger partial charge in [0.2, 0.25) is 0 Å². The molecule has 0 unspecified atom stereocenters. The van der Waals surface area contributed by atoms with E-state index >= 15 is 0 Å². The van der Waals surface area contributed by atoms with Crippen LogP contribution in [0.15, 0.2) is 42.5 Å². The summed E-state index contributed by atoms with van der Waals surface area (Å²) < 4.78 is 48.1. The maximum atomic E-state index is 12.7. The Labute approximate surface area is 169 Å². The van der Waals surface area contributed by atoms with E-state index in [9.17, 15) is 22.8 Å². The summed E-state index contributed by atoms with van der Waals surface area (Å²) >= 11 is 4.02. The minimum absolute atomic E-state index is 0.00256. The quantitative estimate of drug-likeness (QED) is 0.289. The number of halogens is 3. The van der Waals surface area contributed by atoms with Gasteiger partial charge in [-0.1, -0.05) is 6.07 Å². The number of hydrogen-bond acceptors (Lipinski definition) is 7. The van der Waals surface area contributed by atoms with Gasteiger partial charge in [0, 0.05) is 18.3 Å². The summed E-state index contributed by atoms with van der Waals surface area (Å²) in [5, 5.41) is 11.7. The summed E-state index contributed by atoms with van der Waals surface area (Å²) in [6.07, 6.45) is -5.21. The minimum Gasteiger partial charge on any atom is -0.478 e. The van der Waals surface area contributed by atoms with Crippen molar-refractivity contribution >= 4 is 30.3 Å². The van der Waals surface area contributed by atoms with E-state index in [0.717, 1.165) is 0 Å². The Bertz CT molecular complexity index is 875. The van der Waals surface area contributed by atoms with Crippen LogP contribution in [0.4, 0.5) is 18.9 Å². The van der Waals surface area contributed by atoms with Crippen LogP contribution in [0.3, 0.4) is 0 Å². The van der Waals surface area contributed by atoms with E-state index in [-0.39, 0.29) is 29.3 Å². The molecule has 0 heterocycles. The van der Waals surface area contributed by atoms with Crippen molar-refractivity contribution < 1.29 is 37.3 Å². The zero-order chi connectivity index (χ0) is 21.6. The van der Waals surface area contributed by atoms with Crippen LogP contribution in [0.5, 0.6) is 17.2 Å². The predicted octanol–water partition coefficient (Wildman–Crippen LogP) is 3.31. The number of hydrogen-bond donors (Lipinski definition) is 4. The lowest BCUT2D eigenvalue weighted by molar-refractivity contribution is -0.189. The molecule has 7 nitrogen and oxygen atoms in total. The molecule has 0 fully saturated rings. The summed E-state index contributed by atoms with van der Waals surface area (Å²) in [5.74, 6) is -3.79. The molecular weight excluding hydrogens is 413 g/mol. The molecule has 0 saturated carbocycles. The predicted molar refractivity (Wildman–Crippen MR) is 102 cm³/mol. The number of rotatable bonds is 8. The second-order valence-electron chi connectivity index (χ2n) is 5.78. The highest BCUT2D eigenvalue weighted by atomic mass is 32.1. The Morgan fingerprint density at radius 3 is 2.38 bits per heavy atom. The molecule has 0 aliphatic rings. The van der Waals surface area contributed by atoms with Crippen molar-refractivity contribution in [3.8, 4) is 17.2 Å². The van der Waals surface area contributed by atoms with Crippen LogP contribution < -0.4 is 20.5 Å². The Balaban J connectivity index is 2.35. The summed E-state index contributed by atoms with van der Waals surface area (Å²) in [5.41, 5.74) is 5.79. The van der Waals surface area contributed by atoms with E-state index in [2.05, 4.69) is 22.7 Å². The van der Waals surface area contributed by atoms with Gasteiger partial charge < -0.3 is 25.6 Å². The standard InChI is InChI=1S/C18H17F3N2O5S/c19-18(20,21)17(26)28-15-13(23-8-11(22)9-29)2-1-3-14(15)27-12-6-4-10(5-7-12)16(24)25/h1-7,11,23,29H,8-9,22H2,(H,24,25)/t11-/m1/s1. The first-order chi connectivity index (χ1) is 13.6. The molecular formula is C18H17F3N2O5S. The van der Waals surface area contributed by atoms with E-state index in [1.165, 1.54) is 42.5 Å². The van der Waals surface area contributed by atoms with Crippen molar-refractivity contribution in [2.24, 2.45) is 5.73 Å². The zero-order valence-electron chi connectivity index (χ0n) is 14.8. The largest absolute Gasteiger partial charge is 0.491 e. The van der Waals surface area contributed by atoms with E-state index in [4.69, 9.17) is 15.6 Å². The molecule has 2 rings (SSSR count). The van der Waals surface area contributed by atoms with Crippen molar-refractivity contribution in [1.82, 2.24) is 0 Å². The van der Waals surface area contributed by atoms with E-state index in [1.54, 1.807) is 0 Å². The number of nitrogens with two attached hydrogens (primary N) is 1. The number of aromatic carboxylic acids is 1. The fourth-order valence-electron chi connectivity index (χ4n) is 2.09. The SMILES string of the molecule is N[C@@H](CS)CNc1cccc(Oc2ccc(C(=O)O)cc2)c1OC(=O)C(F)(F)F. The summed E-state index contributed by atoms with van der Waals surface area (Å²) in [6.45, 7) is 0.150. The second kappa shape index (κ2) is 9.52. The number of ether oxygens (including phenoxy) is 2. The van der Waals surface area contributed by atoms with Crippen LogP contribution in [0.2, 0.25) is 0 Å². The Hall–Kier alpha value is -2.92. The first-order valence-electron chi connectivity index (χ1n) is 8.15. The van der Waals surface area contributed by atoms with Crippen molar-refractivity contribution in [1.29, 1.82) is 0 Å². The van der Waals surface area contributed by atoms with Crippen molar-refractivity contribution in [3.63, 3.8) is 0 Å². The van der Waals surface area contributed by atoms with Crippen molar-refractivity contribution in [2.75, 3.05) is 17.6 Å². The topological polar surface area (TPSA) is 111 Å². The van der Waals surface area contributed by atoms with Crippen LogP contribution in [-0.2, 0) is 4.79 Å². The van der Waals surface area contributed by atoms with Gasteiger partial charge in [0.1, 0.15) is 5.75 Å². The molecule has 0 aliphatic carbocycles. The van der Waals surface area contributed by atoms with Crippen molar-refractivity contribution in [3.05, 3.63) is 48.0 Å². The molecule has 0 aliphatic heterocycles. The maximum absolute atomic E-state index is 12.7. The van der Waals surface area contributed by atoms with Gasteiger partial charge >= 0.3 is 18.1 Å². The molecule has 0 spiro atoms.